The highest BCUT2D eigenvalue weighted by Gasteiger charge is 2.46. The summed E-state index contributed by atoms with van der Waals surface area (Å²) in [5, 5.41) is 22.6. The Bertz CT molecular complexity index is 1110. The molecule has 31 heavy (non-hydrogen) atoms. The van der Waals surface area contributed by atoms with Gasteiger partial charge in [-0.05, 0) is 55.0 Å². The average molecular weight is 455 g/mol. The minimum absolute atomic E-state index is 0.0427. The molecule has 1 amide bonds. The van der Waals surface area contributed by atoms with Crippen LogP contribution in [0.3, 0.4) is 0 Å². The van der Waals surface area contributed by atoms with Gasteiger partial charge in [-0.15, -0.1) is 0 Å². The summed E-state index contributed by atoms with van der Waals surface area (Å²) in [6, 6.07) is 7.05. The number of hydrazone groups is 1. The number of benzene rings is 2. The maximum Gasteiger partial charge on any atom is 0.435 e. The summed E-state index contributed by atoms with van der Waals surface area (Å²) >= 11 is 5.91. The zero-order chi connectivity index (χ0) is 22.9. The molecule has 0 atom stereocenters. The Balaban J connectivity index is 2.07. The zero-order valence-electron chi connectivity index (χ0n) is 15.8. The molecule has 162 valence electrons. The van der Waals surface area contributed by atoms with Crippen LogP contribution in [0.2, 0.25) is 5.02 Å². The van der Waals surface area contributed by atoms with E-state index in [9.17, 15) is 27.9 Å². The molecule has 2 aromatic rings. The Kier molecular flexibility index (Phi) is 5.94. The molecule has 2 N–H and O–H groups in total. The fourth-order valence-corrected chi connectivity index (χ4v) is 3.00. The van der Waals surface area contributed by atoms with Gasteiger partial charge in [-0.1, -0.05) is 11.6 Å². The Labute approximate surface area is 178 Å². The van der Waals surface area contributed by atoms with Gasteiger partial charge in [-0.3, -0.25) is 4.79 Å². The molecule has 0 saturated carbocycles. The van der Waals surface area contributed by atoms with Gasteiger partial charge in [0.1, 0.15) is 0 Å². The van der Waals surface area contributed by atoms with Gasteiger partial charge in [0.05, 0.1) is 28.5 Å². The number of alkyl halides is 3. The zero-order valence-corrected chi connectivity index (χ0v) is 16.5. The average Bonchev–Trinajstić information content (AvgIpc) is 3.02. The molecule has 1 aliphatic rings. The van der Waals surface area contributed by atoms with Crippen LogP contribution in [0.5, 0.6) is 11.5 Å². The summed E-state index contributed by atoms with van der Waals surface area (Å²) < 4.78 is 45.9. The lowest BCUT2D eigenvalue weighted by atomic mass is 10.1. The van der Waals surface area contributed by atoms with Crippen LogP contribution in [0, 0.1) is 0 Å². The molecule has 0 bridgehead atoms. The molecule has 11 heteroatoms. The molecule has 1 aliphatic heterocycles. The molecule has 7 nitrogen and oxygen atoms in total. The van der Waals surface area contributed by atoms with Gasteiger partial charge in [-0.25, -0.2) is 4.79 Å². The highest BCUT2D eigenvalue weighted by Crippen LogP contribution is 2.37. The fourth-order valence-electron chi connectivity index (χ4n) is 2.78. The summed E-state index contributed by atoms with van der Waals surface area (Å²) in [6.07, 6.45) is -4.01. The van der Waals surface area contributed by atoms with E-state index < -0.39 is 29.3 Å². The molecule has 0 fully saturated rings. The molecule has 0 aliphatic carbocycles. The van der Waals surface area contributed by atoms with E-state index in [1.54, 1.807) is 6.92 Å². The number of aromatic carboxylic acids is 1. The fraction of sp³-hybridized carbons (Fsp3) is 0.150. The number of ether oxygens (including phenoxy) is 1. The lowest BCUT2D eigenvalue weighted by Gasteiger charge is -2.12. The van der Waals surface area contributed by atoms with E-state index in [0.717, 1.165) is 18.2 Å². The standard InChI is InChI=1S/C20H14ClF3N2O5/c1-2-31-15-9-10(8-14(21)16(15)27)7-13-17(20(22,23)24)25-26(18(13)28)12-5-3-11(4-6-12)19(29)30/h3-9,27H,2H2,1H3,(H,29,30). The molecule has 1 heterocycles. The van der Waals surface area contributed by atoms with Crippen molar-refractivity contribution in [1.29, 1.82) is 0 Å². The number of carbonyl (C=O) groups excluding carboxylic acids is 1. The summed E-state index contributed by atoms with van der Waals surface area (Å²) in [5.41, 5.74) is -2.25. The first-order chi connectivity index (χ1) is 14.5. The highest BCUT2D eigenvalue weighted by atomic mass is 35.5. The minimum atomic E-state index is -4.94. The van der Waals surface area contributed by atoms with Crippen LogP contribution in [-0.2, 0) is 4.79 Å². The maximum atomic E-state index is 13.6. The number of carbonyl (C=O) groups is 2. The third kappa shape index (κ3) is 4.48. The van der Waals surface area contributed by atoms with E-state index in [1.807, 2.05) is 0 Å². The first-order valence-corrected chi connectivity index (χ1v) is 9.11. The normalized spacial score (nSPS) is 15.4. The van der Waals surface area contributed by atoms with Crippen molar-refractivity contribution < 1.29 is 37.7 Å². The number of phenolic OH excluding ortho intramolecular Hbond substituents is 1. The lowest BCUT2D eigenvalue weighted by molar-refractivity contribution is -0.114. The van der Waals surface area contributed by atoms with E-state index >= 15 is 0 Å². The number of carboxylic acids is 1. The summed E-state index contributed by atoms with van der Waals surface area (Å²) in [4.78, 5) is 23.7. The first-order valence-electron chi connectivity index (χ1n) is 8.74. The van der Waals surface area contributed by atoms with Gasteiger partial charge in [0, 0.05) is 0 Å². The van der Waals surface area contributed by atoms with Crippen molar-refractivity contribution in [2.75, 3.05) is 11.6 Å². The third-order valence-electron chi connectivity index (χ3n) is 4.17. The van der Waals surface area contributed by atoms with Crippen LogP contribution in [0.1, 0.15) is 22.8 Å². The molecule has 2 aromatic carbocycles. The number of amides is 1. The number of carboxylic acid groups (broad SMARTS) is 1. The number of hydrogen-bond acceptors (Lipinski definition) is 5. The third-order valence-corrected chi connectivity index (χ3v) is 4.45. The monoisotopic (exact) mass is 454 g/mol. The number of rotatable bonds is 5. The lowest BCUT2D eigenvalue weighted by Crippen LogP contribution is -2.25. The molecule has 0 unspecified atom stereocenters. The quantitative estimate of drug-likeness (QED) is 0.648. The van der Waals surface area contributed by atoms with Crippen LogP contribution in [-0.4, -0.2) is 40.6 Å². The number of nitrogens with zero attached hydrogens (tertiary/aromatic N) is 2. The Morgan fingerprint density at radius 2 is 1.90 bits per heavy atom. The highest BCUT2D eigenvalue weighted by molar-refractivity contribution is 6.35. The van der Waals surface area contributed by atoms with Crippen molar-refractivity contribution in [2.24, 2.45) is 5.10 Å². The second kappa shape index (κ2) is 8.31. The smallest absolute Gasteiger partial charge is 0.435 e. The minimum Gasteiger partial charge on any atom is -0.503 e. The molecule has 3 rings (SSSR count). The number of anilines is 1. The Morgan fingerprint density at radius 1 is 1.26 bits per heavy atom. The van der Waals surface area contributed by atoms with Gasteiger partial charge in [0.2, 0.25) is 0 Å². The van der Waals surface area contributed by atoms with Gasteiger partial charge >= 0.3 is 12.1 Å². The molecular weight excluding hydrogens is 441 g/mol. The second-order valence-corrected chi connectivity index (χ2v) is 6.66. The number of phenols is 1. The molecular formula is C20H14ClF3N2O5. The Hall–Kier alpha value is -3.53. The second-order valence-electron chi connectivity index (χ2n) is 6.26. The maximum absolute atomic E-state index is 13.6. The molecule has 0 saturated heterocycles. The largest absolute Gasteiger partial charge is 0.503 e. The molecule has 0 spiro atoms. The van der Waals surface area contributed by atoms with Crippen LogP contribution in [0.4, 0.5) is 18.9 Å². The van der Waals surface area contributed by atoms with Crippen molar-refractivity contribution in [3.8, 4) is 11.5 Å². The first kappa shape index (κ1) is 22.2. The van der Waals surface area contributed by atoms with Crippen LogP contribution >= 0.6 is 11.6 Å². The van der Waals surface area contributed by atoms with Crippen molar-refractivity contribution in [3.63, 3.8) is 0 Å². The van der Waals surface area contributed by atoms with Crippen molar-refractivity contribution in [3.05, 3.63) is 58.1 Å². The summed E-state index contributed by atoms with van der Waals surface area (Å²) in [5.74, 6) is -2.74. The van der Waals surface area contributed by atoms with Gasteiger partial charge in [0.25, 0.3) is 5.91 Å². The number of hydrogen-bond donors (Lipinski definition) is 2. The summed E-state index contributed by atoms with van der Waals surface area (Å²) in [6.45, 7) is 1.80. The van der Waals surface area contributed by atoms with Crippen LogP contribution in [0.15, 0.2) is 47.1 Å². The van der Waals surface area contributed by atoms with E-state index in [2.05, 4.69) is 5.10 Å². The number of halogens is 4. The van der Waals surface area contributed by atoms with Crippen LogP contribution in [0.25, 0.3) is 6.08 Å². The van der Waals surface area contributed by atoms with Crippen molar-refractivity contribution >= 4 is 41.0 Å². The predicted molar refractivity (Wildman–Crippen MR) is 107 cm³/mol. The van der Waals surface area contributed by atoms with E-state index in [-0.39, 0.29) is 39.9 Å². The molecule has 0 aromatic heterocycles. The predicted octanol–water partition coefficient (Wildman–Crippen LogP) is 4.49. The van der Waals surface area contributed by atoms with Gasteiger partial charge < -0.3 is 14.9 Å². The van der Waals surface area contributed by atoms with Crippen molar-refractivity contribution in [1.82, 2.24) is 0 Å². The SMILES string of the molecule is CCOc1cc(C=C2C(=O)N(c3ccc(C(=O)O)cc3)N=C2C(F)(F)F)cc(Cl)c1O. The topological polar surface area (TPSA) is 99.4 Å². The number of aromatic hydroxyl groups is 1. The van der Waals surface area contributed by atoms with Gasteiger partial charge in [0.15, 0.2) is 17.2 Å². The Morgan fingerprint density at radius 3 is 2.45 bits per heavy atom. The van der Waals surface area contributed by atoms with Gasteiger partial charge in [-0.2, -0.15) is 23.3 Å². The van der Waals surface area contributed by atoms with E-state index in [0.29, 0.717) is 5.01 Å². The molecule has 0 radical (unpaired) electrons. The summed E-state index contributed by atoms with van der Waals surface area (Å²) in [7, 11) is 0. The van der Waals surface area contributed by atoms with Crippen LogP contribution < -0.4 is 9.75 Å². The van der Waals surface area contributed by atoms with E-state index in [1.165, 1.54) is 24.3 Å². The van der Waals surface area contributed by atoms with E-state index in [4.69, 9.17) is 21.4 Å². The van der Waals surface area contributed by atoms with Crippen molar-refractivity contribution in [2.45, 2.75) is 13.1 Å².